The molecule has 1 saturated heterocycles. The van der Waals surface area contributed by atoms with Crippen molar-refractivity contribution < 1.29 is 0 Å². The van der Waals surface area contributed by atoms with E-state index in [-0.39, 0.29) is 4.87 Å². The Morgan fingerprint density at radius 2 is 1.50 bits per heavy atom. The predicted octanol–water partition coefficient (Wildman–Crippen LogP) is 6.32. The van der Waals surface area contributed by atoms with Gasteiger partial charge in [-0.05, 0) is 39.8 Å². The molecule has 1 atom stereocenters. The van der Waals surface area contributed by atoms with Crippen molar-refractivity contribution in [2.45, 2.75) is 11.3 Å². The second-order valence-electron chi connectivity index (χ2n) is 7.54. The molecule has 6 rings (SSSR count). The molecule has 0 aliphatic carbocycles. The third kappa shape index (κ3) is 2.06. The van der Waals surface area contributed by atoms with Crippen LogP contribution < -0.4 is 0 Å². The summed E-state index contributed by atoms with van der Waals surface area (Å²) in [5.41, 5.74) is 3.95. The summed E-state index contributed by atoms with van der Waals surface area (Å²) >= 11 is 8.02. The molecule has 0 amide bonds. The zero-order valence-corrected chi connectivity index (χ0v) is 17.0. The van der Waals surface area contributed by atoms with E-state index in [0.717, 1.165) is 17.3 Å². The van der Waals surface area contributed by atoms with Gasteiger partial charge >= 0.3 is 0 Å². The van der Waals surface area contributed by atoms with Gasteiger partial charge in [0.05, 0.1) is 0 Å². The summed E-state index contributed by atoms with van der Waals surface area (Å²) in [5.74, 6) is 1.15. The lowest BCUT2D eigenvalue weighted by atomic mass is 9.89. The van der Waals surface area contributed by atoms with E-state index in [0.29, 0.717) is 0 Å². The van der Waals surface area contributed by atoms with Crippen LogP contribution in [0.3, 0.4) is 0 Å². The minimum Gasteiger partial charge on any atom is -0.340 e. The first-order chi connectivity index (χ1) is 13.8. The van der Waals surface area contributed by atoms with Gasteiger partial charge in [-0.15, -0.1) is 11.8 Å². The summed E-state index contributed by atoms with van der Waals surface area (Å²) in [4.78, 5) is 3.26. The van der Waals surface area contributed by atoms with Crippen molar-refractivity contribution in [3.05, 3.63) is 95.6 Å². The average Bonchev–Trinajstić information content (AvgIpc) is 3.03. The van der Waals surface area contributed by atoms with Crippen LogP contribution in [-0.4, -0.2) is 22.2 Å². The van der Waals surface area contributed by atoms with Crippen LogP contribution in [0.5, 0.6) is 0 Å². The predicted molar refractivity (Wildman–Crippen MR) is 124 cm³/mol. The number of nitrogens with zero attached hydrogens (tertiary/aromatic N) is 1. The highest BCUT2D eigenvalue weighted by atomic mass is 32.2. The summed E-state index contributed by atoms with van der Waals surface area (Å²) in [5, 5.41) is 5.28. The molecule has 4 aromatic carbocycles. The van der Waals surface area contributed by atoms with E-state index in [1.54, 1.807) is 0 Å². The quantitative estimate of drug-likeness (QED) is 0.273. The zero-order chi connectivity index (χ0) is 18.7. The molecular weight excluding hydrogens is 378 g/mol. The second kappa shape index (κ2) is 6.07. The van der Waals surface area contributed by atoms with Crippen LogP contribution in [0.1, 0.15) is 23.1 Å². The Morgan fingerprint density at radius 3 is 2.39 bits per heavy atom. The van der Waals surface area contributed by atoms with E-state index >= 15 is 0 Å². The molecule has 2 heterocycles. The van der Waals surface area contributed by atoms with Crippen LogP contribution in [0.25, 0.3) is 21.5 Å². The maximum Gasteiger partial charge on any atom is 0.140 e. The summed E-state index contributed by atoms with van der Waals surface area (Å²) in [6, 6.07) is 28.7. The molecule has 2 aliphatic rings. The number of rotatable bonds is 1. The highest BCUT2D eigenvalue weighted by Gasteiger charge is 2.51. The summed E-state index contributed by atoms with van der Waals surface area (Å²) in [6.07, 6.45) is 1.17. The van der Waals surface area contributed by atoms with E-state index in [2.05, 4.69) is 83.8 Å². The molecule has 0 aromatic heterocycles. The molecule has 3 heteroatoms. The smallest absolute Gasteiger partial charge is 0.140 e. The van der Waals surface area contributed by atoms with Gasteiger partial charge in [0.25, 0.3) is 0 Å². The minimum atomic E-state index is -0.227. The van der Waals surface area contributed by atoms with Gasteiger partial charge in [-0.1, -0.05) is 85.0 Å². The largest absolute Gasteiger partial charge is 0.340 e. The van der Waals surface area contributed by atoms with E-state index < -0.39 is 0 Å². The molecule has 0 bridgehead atoms. The monoisotopic (exact) mass is 397 g/mol. The van der Waals surface area contributed by atoms with Gasteiger partial charge in [0.2, 0.25) is 0 Å². The number of fused-ring (bicyclic) bond motifs is 6. The number of benzene rings is 4. The molecule has 1 unspecified atom stereocenters. The molecule has 2 aliphatic heterocycles. The van der Waals surface area contributed by atoms with Crippen molar-refractivity contribution in [1.29, 1.82) is 0 Å². The van der Waals surface area contributed by atoms with Crippen LogP contribution in [0.15, 0.2) is 78.9 Å². The van der Waals surface area contributed by atoms with Gasteiger partial charge in [-0.2, -0.15) is 0 Å². The lowest BCUT2D eigenvalue weighted by Crippen LogP contribution is -2.45. The highest BCUT2D eigenvalue weighted by Crippen LogP contribution is 2.56. The Labute approximate surface area is 174 Å². The number of thiocarbonyl (C=S) groups is 1. The number of hydrogen-bond acceptors (Lipinski definition) is 2. The van der Waals surface area contributed by atoms with Gasteiger partial charge < -0.3 is 4.90 Å². The molecule has 1 nitrogen and oxygen atoms in total. The Kier molecular flexibility index (Phi) is 3.59. The summed E-state index contributed by atoms with van der Waals surface area (Å²) in [7, 11) is 0. The summed E-state index contributed by atoms with van der Waals surface area (Å²) in [6.45, 7) is 1.02. The standard InChI is InChI=1S/C25H19NS2/c27-24-21-12-5-6-13-22(21)25(26(24)14-7-15-28-25)23-16-17-8-1-2-9-18(17)19-10-3-4-11-20(19)23/h1-6,8-13,16H,7,14-15H2. The lowest BCUT2D eigenvalue weighted by molar-refractivity contribution is 0.334. The average molecular weight is 398 g/mol. The van der Waals surface area contributed by atoms with Crippen molar-refractivity contribution in [3.8, 4) is 0 Å². The fourth-order valence-corrected chi connectivity index (χ4v) is 6.99. The van der Waals surface area contributed by atoms with Crippen LogP contribution in [-0.2, 0) is 4.87 Å². The van der Waals surface area contributed by atoms with Crippen molar-refractivity contribution >= 4 is 50.5 Å². The van der Waals surface area contributed by atoms with Crippen LogP contribution >= 0.6 is 24.0 Å². The van der Waals surface area contributed by atoms with Crippen molar-refractivity contribution in [2.24, 2.45) is 0 Å². The van der Waals surface area contributed by atoms with Gasteiger partial charge in [0.1, 0.15) is 9.86 Å². The first-order valence-electron chi connectivity index (χ1n) is 9.77. The number of thioether (sulfide) groups is 1. The van der Waals surface area contributed by atoms with Crippen LogP contribution in [0.2, 0.25) is 0 Å². The minimum absolute atomic E-state index is 0.227. The molecule has 0 radical (unpaired) electrons. The fourth-order valence-electron chi connectivity index (χ4n) is 4.96. The molecule has 28 heavy (non-hydrogen) atoms. The first kappa shape index (κ1) is 16.6. The summed E-state index contributed by atoms with van der Waals surface area (Å²) < 4.78 is 0. The lowest BCUT2D eigenvalue weighted by Gasteiger charge is -2.44. The van der Waals surface area contributed by atoms with Crippen molar-refractivity contribution in [2.75, 3.05) is 12.3 Å². The van der Waals surface area contributed by atoms with Crippen molar-refractivity contribution in [1.82, 2.24) is 4.90 Å². The highest BCUT2D eigenvalue weighted by molar-refractivity contribution is 8.00. The van der Waals surface area contributed by atoms with Gasteiger partial charge in [0.15, 0.2) is 0 Å². The maximum absolute atomic E-state index is 5.97. The first-order valence-corrected chi connectivity index (χ1v) is 11.2. The Bertz CT molecular complexity index is 1260. The topological polar surface area (TPSA) is 3.24 Å². The Morgan fingerprint density at radius 1 is 0.786 bits per heavy atom. The molecule has 0 saturated carbocycles. The van der Waals surface area contributed by atoms with E-state index in [4.69, 9.17) is 12.2 Å². The van der Waals surface area contributed by atoms with E-state index in [1.165, 1.54) is 44.7 Å². The van der Waals surface area contributed by atoms with Gasteiger partial charge in [0, 0.05) is 23.2 Å². The van der Waals surface area contributed by atoms with E-state index in [9.17, 15) is 0 Å². The van der Waals surface area contributed by atoms with Crippen LogP contribution in [0.4, 0.5) is 0 Å². The molecule has 1 fully saturated rings. The normalized spacial score (nSPS) is 21.1. The molecule has 0 spiro atoms. The molecular formula is C25H19NS2. The third-order valence-electron chi connectivity index (χ3n) is 6.12. The van der Waals surface area contributed by atoms with Crippen molar-refractivity contribution in [3.63, 3.8) is 0 Å². The maximum atomic E-state index is 5.97. The third-order valence-corrected chi connectivity index (χ3v) is 8.13. The Hall–Kier alpha value is -2.36. The second-order valence-corrected chi connectivity index (χ2v) is 9.21. The van der Waals surface area contributed by atoms with Gasteiger partial charge in [-0.25, -0.2) is 0 Å². The number of hydrogen-bond donors (Lipinski definition) is 0. The van der Waals surface area contributed by atoms with E-state index in [1.807, 2.05) is 11.8 Å². The Balaban J connectivity index is 1.78. The van der Waals surface area contributed by atoms with Gasteiger partial charge in [-0.3, -0.25) is 0 Å². The SMILES string of the molecule is S=C1c2ccccc2C2(c3cc4ccccc4c4ccccc34)SCCCN12. The molecule has 4 aromatic rings. The zero-order valence-electron chi connectivity index (χ0n) is 15.4. The molecule has 0 N–H and O–H groups in total. The fraction of sp³-hybridized carbons (Fsp3) is 0.160. The van der Waals surface area contributed by atoms with Crippen LogP contribution in [0, 0.1) is 0 Å². The molecule has 136 valence electrons.